The summed E-state index contributed by atoms with van der Waals surface area (Å²) in [6.45, 7) is 1.44. The minimum Gasteiger partial charge on any atom is -0.319 e. The van der Waals surface area contributed by atoms with E-state index in [1.54, 1.807) is 10.9 Å². The highest BCUT2D eigenvalue weighted by Gasteiger charge is 2.49. The van der Waals surface area contributed by atoms with E-state index in [0.29, 0.717) is 11.3 Å². The average molecular weight is 458 g/mol. The lowest BCUT2D eigenvalue weighted by Crippen LogP contribution is -2.41. The molecule has 1 aliphatic heterocycles. The molecule has 0 radical (unpaired) electrons. The third-order valence-corrected chi connectivity index (χ3v) is 5.96. The summed E-state index contributed by atoms with van der Waals surface area (Å²) in [5.41, 5.74) is 1.60. The summed E-state index contributed by atoms with van der Waals surface area (Å²) in [4.78, 5) is 27.3. The number of aromatic nitrogens is 2. The maximum absolute atomic E-state index is 13.9. The standard InChI is InChI=1S/C26H20F2N4O2/c1-26(19-12-13-21(27)22(28)14-19)24(33)31(25(34)29-26)15-18-16-32(20-10-6-3-7-11-20)30-23(18)17-8-4-2-5-9-17/h2-14,16H,15H2,1H3,(H,29,34). The van der Waals surface area contributed by atoms with Crippen LogP contribution in [0.1, 0.15) is 18.1 Å². The number of amides is 3. The Morgan fingerprint density at radius 1 is 0.912 bits per heavy atom. The number of halogens is 2. The summed E-state index contributed by atoms with van der Waals surface area (Å²) >= 11 is 0. The molecular formula is C26H20F2N4O2. The number of rotatable bonds is 5. The fourth-order valence-electron chi connectivity index (χ4n) is 4.09. The van der Waals surface area contributed by atoms with Crippen molar-refractivity contribution in [1.82, 2.24) is 20.0 Å². The number of hydrogen-bond acceptors (Lipinski definition) is 3. The van der Waals surface area contributed by atoms with Gasteiger partial charge in [0.25, 0.3) is 5.91 Å². The molecule has 0 bridgehead atoms. The van der Waals surface area contributed by atoms with Crippen LogP contribution in [0.15, 0.2) is 85.1 Å². The van der Waals surface area contributed by atoms with Gasteiger partial charge < -0.3 is 5.32 Å². The third kappa shape index (κ3) is 3.63. The average Bonchev–Trinajstić information content (AvgIpc) is 3.37. The lowest BCUT2D eigenvalue weighted by molar-refractivity contribution is -0.131. The van der Waals surface area contributed by atoms with Crippen molar-refractivity contribution in [2.45, 2.75) is 19.0 Å². The van der Waals surface area contributed by atoms with Gasteiger partial charge in [-0.1, -0.05) is 54.6 Å². The number of carbonyl (C=O) groups is 2. The highest BCUT2D eigenvalue weighted by atomic mass is 19.2. The minimum absolute atomic E-state index is 0.0407. The first kappa shape index (κ1) is 21.5. The van der Waals surface area contributed by atoms with Crippen molar-refractivity contribution in [1.29, 1.82) is 0 Å². The van der Waals surface area contributed by atoms with E-state index in [2.05, 4.69) is 5.32 Å². The molecule has 0 spiro atoms. The Morgan fingerprint density at radius 2 is 1.59 bits per heavy atom. The summed E-state index contributed by atoms with van der Waals surface area (Å²) in [6.07, 6.45) is 1.78. The number of hydrogen-bond donors (Lipinski definition) is 1. The second-order valence-corrected chi connectivity index (χ2v) is 8.22. The smallest absolute Gasteiger partial charge is 0.319 e. The molecule has 4 aromatic rings. The van der Waals surface area contributed by atoms with Crippen molar-refractivity contribution in [3.63, 3.8) is 0 Å². The molecule has 1 aromatic heterocycles. The molecule has 1 N–H and O–H groups in total. The van der Waals surface area contributed by atoms with Gasteiger partial charge in [0.05, 0.1) is 17.9 Å². The van der Waals surface area contributed by atoms with E-state index in [0.717, 1.165) is 28.3 Å². The van der Waals surface area contributed by atoms with Crippen molar-refractivity contribution in [2.24, 2.45) is 0 Å². The Morgan fingerprint density at radius 3 is 2.26 bits per heavy atom. The molecule has 1 aliphatic rings. The van der Waals surface area contributed by atoms with Gasteiger partial charge in [0, 0.05) is 17.3 Å². The van der Waals surface area contributed by atoms with Crippen LogP contribution >= 0.6 is 0 Å². The van der Waals surface area contributed by atoms with Crippen LogP contribution in [-0.2, 0) is 16.9 Å². The topological polar surface area (TPSA) is 67.2 Å². The van der Waals surface area contributed by atoms with Gasteiger partial charge in [0.2, 0.25) is 0 Å². The molecule has 0 saturated carbocycles. The molecule has 2 heterocycles. The normalized spacial score (nSPS) is 17.8. The maximum atomic E-state index is 13.9. The Balaban J connectivity index is 1.52. The number of urea groups is 1. The Hall–Kier alpha value is -4.33. The van der Waals surface area contributed by atoms with Crippen LogP contribution < -0.4 is 5.32 Å². The first-order valence-corrected chi connectivity index (χ1v) is 10.7. The van der Waals surface area contributed by atoms with E-state index in [4.69, 9.17) is 5.10 Å². The van der Waals surface area contributed by atoms with Gasteiger partial charge in [-0.15, -0.1) is 0 Å². The fraction of sp³-hybridized carbons (Fsp3) is 0.115. The zero-order valence-electron chi connectivity index (χ0n) is 18.2. The van der Waals surface area contributed by atoms with Crippen LogP contribution in [-0.4, -0.2) is 26.6 Å². The van der Waals surface area contributed by atoms with Gasteiger partial charge in [-0.2, -0.15) is 5.10 Å². The largest absolute Gasteiger partial charge is 0.325 e. The van der Waals surface area contributed by atoms with Crippen LogP contribution in [0.3, 0.4) is 0 Å². The maximum Gasteiger partial charge on any atom is 0.325 e. The van der Waals surface area contributed by atoms with E-state index < -0.39 is 29.1 Å². The highest BCUT2D eigenvalue weighted by Crippen LogP contribution is 2.32. The molecule has 3 amide bonds. The Kier molecular flexibility index (Phi) is 5.20. The van der Waals surface area contributed by atoms with Crippen molar-refractivity contribution in [2.75, 3.05) is 0 Å². The predicted octanol–water partition coefficient (Wildman–Crippen LogP) is 4.78. The summed E-state index contributed by atoms with van der Waals surface area (Å²) in [5, 5.41) is 7.35. The fourth-order valence-corrected chi connectivity index (χ4v) is 4.09. The van der Waals surface area contributed by atoms with Gasteiger partial charge in [0.15, 0.2) is 11.6 Å². The lowest BCUT2D eigenvalue weighted by atomic mass is 9.92. The van der Waals surface area contributed by atoms with Gasteiger partial charge in [-0.05, 0) is 36.8 Å². The van der Waals surface area contributed by atoms with E-state index in [1.165, 1.54) is 13.0 Å². The molecule has 6 nitrogen and oxygen atoms in total. The SMILES string of the molecule is CC1(c2ccc(F)c(F)c2)NC(=O)N(Cc2cn(-c3ccccc3)nc2-c2ccccc2)C1=O. The molecule has 1 fully saturated rings. The number of imide groups is 1. The first-order valence-electron chi connectivity index (χ1n) is 10.7. The zero-order chi connectivity index (χ0) is 23.9. The van der Waals surface area contributed by atoms with Crippen LogP contribution in [0.2, 0.25) is 0 Å². The van der Waals surface area contributed by atoms with Gasteiger partial charge in [-0.3, -0.25) is 9.69 Å². The quantitative estimate of drug-likeness (QED) is 0.438. The van der Waals surface area contributed by atoms with Crippen molar-refractivity contribution in [3.8, 4) is 16.9 Å². The highest BCUT2D eigenvalue weighted by molar-refractivity contribution is 6.07. The summed E-state index contributed by atoms with van der Waals surface area (Å²) < 4.78 is 29.0. The summed E-state index contributed by atoms with van der Waals surface area (Å²) in [5.74, 6) is -2.67. The van der Waals surface area contributed by atoms with Crippen LogP contribution in [0.4, 0.5) is 13.6 Å². The predicted molar refractivity (Wildman–Crippen MR) is 122 cm³/mol. The summed E-state index contributed by atoms with van der Waals surface area (Å²) in [6, 6.07) is 21.5. The van der Waals surface area contributed by atoms with E-state index in [-0.39, 0.29) is 12.1 Å². The Labute approximate surface area is 194 Å². The van der Waals surface area contributed by atoms with Crippen molar-refractivity contribution in [3.05, 3.63) is 108 Å². The number of nitrogens with zero attached hydrogens (tertiary/aromatic N) is 3. The minimum atomic E-state index is -1.52. The second kappa shape index (κ2) is 8.22. The van der Waals surface area contributed by atoms with E-state index in [9.17, 15) is 18.4 Å². The molecule has 1 atom stereocenters. The number of para-hydroxylation sites is 1. The molecule has 1 unspecified atom stereocenters. The molecule has 0 aliphatic carbocycles. The van der Waals surface area contributed by atoms with Crippen LogP contribution in [0.25, 0.3) is 16.9 Å². The zero-order valence-corrected chi connectivity index (χ0v) is 18.2. The molecule has 5 rings (SSSR count). The number of nitrogens with one attached hydrogen (secondary N) is 1. The van der Waals surface area contributed by atoms with Crippen molar-refractivity contribution >= 4 is 11.9 Å². The monoisotopic (exact) mass is 458 g/mol. The molecular weight excluding hydrogens is 438 g/mol. The molecule has 170 valence electrons. The lowest BCUT2D eigenvalue weighted by Gasteiger charge is -2.22. The van der Waals surface area contributed by atoms with Crippen LogP contribution in [0.5, 0.6) is 0 Å². The summed E-state index contributed by atoms with van der Waals surface area (Å²) in [7, 11) is 0. The first-order chi connectivity index (χ1) is 16.4. The molecule has 3 aromatic carbocycles. The van der Waals surface area contributed by atoms with Crippen LogP contribution in [0, 0.1) is 11.6 Å². The van der Waals surface area contributed by atoms with Gasteiger partial charge in [0.1, 0.15) is 5.54 Å². The second-order valence-electron chi connectivity index (χ2n) is 8.22. The molecule has 34 heavy (non-hydrogen) atoms. The number of carbonyl (C=O) groups excluding carboxylic acids is 2. The van der Waals surface area contributed by atoms with Gasteiger partial charge in [-0.25, -0.2) is 18.3 Å². The van der Waals surface area contributed by atoms with Gasteiger partial charge >= 0.3 is 6.03 Å². The third-order valence-electron chi connectivity index (χ3n) is 5.96. The molecule has 8 heteroatoms. The van der Waals surface area contributed by atoms with Crippen molar-refractivity contribution < 1.29 is 18.4 Å². The van der Waals surface area contributed by atoms with E-state index >= 15 is 0 Å². The van der Waals surface area contributed by atoms with E-state index in [1.807, 2.05) is 60.7 Å². The number of benzene rings is 3. The Bertz CT molecular complexity index is 1390. The molecule has 1 saturated heterocycles.